The molecule has 1 N–H and O–H groups in total. The van der Waals surface area contributed by atoms with Crippen molar-refractivity contribution in [1.29, 1.82) is 0 Å². The first-order valence-corrected chi connectivity index (χ1v) is 5.37. The molecule has 0 radical (unpaired) electrons. The number of nitrogens with one attached hydrogen (secondary N) is 1. The second-order valence-electron chi connectivity index (χ2n) is 3.70. The lowest BCUT2D eigenvalue weighted by Gasteiger charge is -2.24. The maximum absolute atomic E-state index is 5.47. The summed E-state index contributed by atoms with van der Waals surface area (Å²) in [5, 5.41) is 3.22. The van der Waals surface area contributed by atoms with Crippen molar-refractivity contribution < 1.29 is 4.74 Å². The summed E-state index contributed by atoms with van der Waals surface area (Å²) >= 11 is 0. The topological polar surface area (TPSA) is 39.1 Å². The Bertz CT molecular complexity index is 315. The number of aromatic nitrogens is 2. The fraction of sp³-hybridized carbons (Fsp3) is 0.545. The van der Waals surface area contributed by atoms with Crippen LogP contribution < -0.4 is 5.32 Å². The highest BCUT2D eigenvalue weighted by molar-refractivity contribution is 5.27. The molecule has 0 saturated carbocycles. The molecule has 1 aliphatic heterocycles. The molecule has 1 atom stereocenters. The molecule has 1 aliphatic rings. The van der Waals surface area contributed by atoms with Crippen LogP contribution in [-0.2, 0) is 4.74 Å². The minimum atomic E-state index is 0.425. The van der Waals surface area contributed by atoms with Crippen LogP contribution in [0.4, 0.5) is 5.95 Å². The molecule has 0 bridgehead atoms. The van der Waals surface area contributed by atoms with Gasteiger partial charge in [0.25, 0.3) is 0 Å². The van der Waals surface area contributed by atoms with Gasteiger partial charge < -0.3 is 14.6 Å². The molecule has 4 heteroatoms. The zero-order valence-corrected chi connectivity index (χ0v) is 8.85. The van der Waals surface area contributed by atoms with Gasteiger partial charge in [-0.1, -0.05) is 6.08 Å². The third kappa shape index (κ3) is 2.39. The lowest BCUT2D eigenvalue weighted by Crippen LogP contribution is -2.22. The molecule has 0 aromatic carbocycles. The molecule has 2 heterocycles. The van der Waals surface area contributed by atoms with Crippen molar-refractivity contribution in [3.63, 3.8) is 0 Å². The lowest BCUT2D eigenvalue weighted by molar-refractivity contribution is 0.0598. The van der Waals surface area contributed by atoms with E-state index in [4.69, 9.17) is 4.74 Å². The summed E-state index contributed by atoms with van der Waals surface area (Å²) in [5.41, 5.74) is 0. The molecule has 1 saturated heterocycles. The maximum Gasteiger partial charge on any atom is 0.203 e. The van der Waals surface area contributed by atoms with Gasteiger partial charge in [0, 0.05) is 25.5 Å². The molecule has 1 aromatic heterocycles. The van der Waals surface area contributed by atoms with E-state index in [2.05, 4.69) is 21.4 Å². The lowest BCUT2D eigenvalue weighted by atomic mass is 10.1. The van der Waals surface area contributed by atoms with E-state index >= 15 is 0 Å². The smallest absolute Gasteiger partial charge is 0.203 e. The van der Waals surface area contributed by atoms with Crippen molar-refractivity contribution in [3.8, 4) is 0 Å². The van der Waals surface area contributed by atoms with Crippen LogP contribution in [0.3, 0.4) is 0 Å². The van der Waals surface area contributed by atoms with E-state index in [0.29, 0.717) is 6.04 Å². The van der Waals surface area contributed by atoms with Crippen LogP contribution in [0, 0.1) is 0 Å². The summed E-state index contributed by atoms with van der Waals surface area (Å²) in [6, 6.07) is 0.425. The summed E-state index contributed by atoms with van der Waals surface area (Å²) in [5.74, 6) is 0.908. The van der Waals surface area contributed by atoms with Crippen molar-refractivity contribution in [2.75, 3.05) is 25.1 Å². The van der Waals surface area contributed by atoms with E-state index in [1.807, 2.05) is 18.5 Å². The Morgan fingerprint density at radius 1 is 1.73 bits per heavy atom. The Morgan fingerprint density at radius 3 is 3.40 bits per heavy atom. The molecule has 0 aliphatic carbocycles. The van der Waals surface area contributed by atoms with E-state index in [9.17, 15) is 0 Å². The van der Waals surface area contributed by atoms with Gasteiger partial charge in [0.15, 0.2) is 0 Å². The number of rotatable bonds is 4. The zero-order valence-electron chi connectivity index (χ0n) is 8.85. The Morgan fingerprint density at radius 2 is 2.67 bits per heavy atom. The number of hydrogen-bond donors (Lipinski definition) is 1. The Hall–Kier alpha value is -1.29. The van der Waals surface area contributed by atoms with E-state index < -0.39 is 0 Å². The van der Waals surface area contributed by atoms with Gasteiger partial charge in [0.05, 0.1) is 12.6 Å². The minimum Gasteiger partial charge on any atom is -0.379 e. The predicted molar refractivity (Wildman–Crippen MR) is 60.0 cm³/mol. The van der Waals surface area contributed by atoms with Gasteiger partial charge >= 0.3 is 0 Å². The molecule has 0 amide bonds. The van der Waals surface area contributed by atoms with Gasteiger partial charge in [0.2, 0.25) is 5.95 Å². The SMILES string of the molecule is C=CCNc1nccn1C1CCCOC1. The highest BCUT2D eigenvalue weighted by Gasteiger charge is 2.17. The fourth-order valence-corrected chi connectivity index (χ4v) is 1.85. The Labute approximate surface area is 90.0 Å². The van der Waals surface area contributed by atoms with E-state index in [1.54, 1.807) is 0 Å². The quantitative estimate of drug-likeness (QED) is 0.766. The van der Waals surface area contributed by atoms with Gasteiger partial charge in [-0.3, -0.25) is 0 Å². The second kappa shape index (κ2) is 4.98. The van der Waals surface area contributed by atoms with Gasteiger partial charge in [-0.15, -0.1) is 6.58 Å². The molecule has 2 rings (SSSR count). The normalized spacial score (nSPS) is 21.2. The number of anilines is 1. The standard InChI is InChI=1S/C11H17N3O/c1-2-5-12-11-13-6-7-14(11)10-4-3-8-15-9-10/h2,6-7,10H,1,3-5,8-9H2,(H,12,13). The third-order valence-corrected chi connectivity index (χ3v) is 2.60. The van der Waals surface area contributed by atoms with Crippen molar-refractivity contribution in [2.24, 2.45) is 0 Å². The van der Waals surface area contributed by atoms with Crippen LogP contribution in [0.2, 0.25) is 0 Å². The first-order valence-electron chi connectivity index (χ1n) is 5.37. The Balaban J connectivity index is 2.05. The van der Waals surface area contributed by atoms with Crippen molar-refractivity contribution in [3.05, 3.63) is 25.0 Å². The molecular formula is C11H17N3O. The third-order valence-electron chi connectivity index (χ3n) is 2.60. The van der Waals surface area contributed by atoms with Gasteiger partial charge in [-0.25, -0.2) is 4.98 Å². The number of imidazole rings is 1. The van der Waals surface area contributed by atoms with E-state index in [-0.39, 0.29) is 0 Å². The van der Waals surface area contributed by atoms with Crippen LogP contribution in [0.1, 0.15) is 18.9 Å². The van der Waals surface area contributed by atoms with Crippen LogP contribution in [0.25, 0.3) is 0 Å². The van der Waals surface area contributed by atoms with Gasteiger partial charge in [-0.2, -0.15) is 0 Å². The summed E-state index contributed by atoms with van der Waals surface area (Å²) < 4.78 is 7.62. The maximum atomic E-state index is 5.47. The van der Waals surface area contributed by atoms with E-state index in [0.717, 1.165) is 32.1 Å². The molecule has 15 heavy (non-hydrogen) atoms. The van der Waals surface area contributed by atoms with E-state index in [1.165, 1.54) is 6.42 Å². The predicted octanol–water partition coefficient (Wildman–Crippen LogP) is 1.83. The Kier molecular flexibility index (Phi) is 3.40. The minimum absolute atomic E-state index is 0.425. The van der Waals surface area contributed by atoms with Gasteiger partial charge in [-0.05, 0) is 12.8 Å². The number of ether oxygens (including phenoxy) is 1. The van der Waals surface area contributed by atoms with Crippen LogP contribution in [0.5, 0.6) is 0 Å². The summed E-state index contributed by atoms with van der Waals surface area (Å²) in [6.07, 6.45) is 7.95. The first-order chi connectivity index (χ1) is 7.42. The molecule has 1 fully saturated rings. The van der Waals surface area contributed by atoms with Crippen LogP contribution in [-0.4, -0.2) is 29.3 Å². The molecular weight excluding hydrogens is 190 g/mol. The first kappa shape index (κ1) is 10.2. The van der Waals surface area contributed by atoms with Crippen molar-refractivity contribution in [1.82, 2.24) is 9.55 Å². The molecule has 82 valence electrons. The highest BCUT2D eigenvalue weighted by Crippen LogP contribution is 2.22. The van der Waals surface area contributed by atoms with Crippen molar-refractivity contribution in [2.45, 2.75) is 18.9 Å². The highest BCUT2D eigenvalue weighted by atomic mass is 16.5. The summed E-state index contributed by atoms with van der Waals surface area (Å²) in [7, 11) is 0. The monoisotopic (exact) mass is 207 g/mol. The molecule has 0 spiro atoms. The van der Waals surface area contributed by atoms with Crippen LogP contribution >= 0.6 is 0 Å². The fourth-order valence-electron chi connectivity index (χ4n) is 1.85. The van der Waals surface area contributed by atoms with Crippen LogP contribution in [0.15, 0.2) is 25.0 Å². The zero-order chi connectivity index (χ0) is 10.5. The summed E-state index contributed by atoms with van der Waals surface area (Å²) in [6.45, 7) is 6.10. The number of hydrogen-bond acceptors (Lipinski definition) is 3. The van der Waals surface area contributed by atoms with Crippen molar-refractivity contribution >= 4 is 5.95 Å². The largest absolute Gasteiger partial charge is 0.379 e. The number of nitrogens with zero attached hydrogens (tertiary/aromatic N) is 2. The molecule has 4 nitrogen and oxygen atoms in total. The second-order valence-corrected chi connectivity index (χ2v) is 3.70. The summed E-state index contributed by atoms with van der Waals surface area (Å²) in [4.78, 5) is 4.28. The molecule has 1 unspecified atom stereocenters. The molecule has 1 aromatic rings. The average Bonchev–Trinajstić information content (AvgIpc) is 2.75. The average molecular weight is 207 g/mol. The van der Waals surface area contributed by atoms with Gasteiger partial charge in [0.1, 0.15) is 0 Å².